The number of hydrogen-bond donors (Lipinski definition) is 0. The zero-order chi connectivity index (χ0) is 27.1. The average Bonchev–Trinajstić information content (AvgIpc) is 3.27. The molecule has 8 heteroatoms. The van der Waals surface area contributed by atoms with Crippen LogP contribution < -0.4 is 29.1 Å². The Labute approximate surface area is 238 Å². The Balaban J connectivity index is 1.56. The molecule has 3 aromatic carbocycles. The molecule has 39 heavy (non-hydrogen) atoms. The van der Waals surface area contributed by atoms with Crippen molar-refractivity contribution < 1.29 is 14.2 Å². The maximum atomic E-state index is 14.0. The van der Waals surface area contributed by atoms with Crippen LogP contribution in [-0.4, -0.2) is 25.4 Å². The number of halogens is 1. The SMILES string of the molecule is CCOc1c(Br)cc(/C=c2\sc3n(c2=O)[C@@H](c2ccc(OC)cc2)C2=C(N=3)c3ccccc3CC2)cc1OC. The normalized spacial score (nSPS) is 16.2. The number of benzene rings is 3. The Morgan fingerprint density at radius 2 is 1.87 bits per heavy atom. The van der Waals surface area contributed by atoms with Crippen molar-refractivity contribution in [1.82, 2.24) is 4.57 Å². The molecule has 6 rings (SSSR count). The van der Waals surface area contributed by atoms with Crippen molar-refractivity contribution in [3.63, 3.8) is 0 Å². The lowest BCUT2D eigenvalue weighted by atomic mass is 9.83. The molecule has 1 atom stereocenters. The highest BCUT2D eigenvalue weighted by Gasteiger charge is 2.32. The summed E-state index contributed by atoms with van der Waals surface area (Å²) in [5, 5.41) is 0. The van der Waals surface area contributed by atoms with Crippen molar-refractivity contribution in [3.8, 4) is 17.2 Å². The molecule has 2 heterocycles. The smallest absolute Gasteiger partial charge is 0.271 e. The number of aryl methyl sites for hydroxylation is 1. The number of fused-ring (bicyclic) bond motifs is 3. The summed E-state index contributed by atoms with van der Waals surface area (Å²) in [7, 11) is 3.27. The lowest BCUT2D eigenvalue weighted by molar-refractivity contribution is 0.309. The Hall–Kier alpha value is -3.62. The molecule has 198 valence electrons. The Morgan fingerprint density at radius 3 is 2.62 bits per heavy atom. The fourth-order valence-electron chi connectivity index (χ4n) is 5.37. The van der Waals surface area contributed by atoms with Gasteiger partial charge in [0.15, 0.2) is 16.3 Å². The number of hydrogen-bond acceptors (Lipinski definition) is 6. The van der Waals surface area contributed by atoms with Gasteiger partial charge in [0, 0.05) is 5.56 Å². The molecular weight excluding hydrogens is 576 g/mol. The molecule has 4 aromatic rings. The molecule has 0 saturated heterocycles. The van der Waals surface area contributed by atoms with E-state index in [1.54, 1.807) is 14.2 Å². The van der Waals surface area contributed by atoms with Crippen molar-refractivity contribution in [2.24, 2.45) is 4.99 Å². The van der Waals surface area contributed by atoms with Crippen molar-refractivity contribution >= 4 is 39.0 Å². The largest absolute Gasteiger partial charge is 0.497 e. The first-order chi connectivity index (χ1) is 19.0. The molecule has 0 radical (unpaired) electrons. The second kappa shape index (κ2) is 10.5. The lowest BCUT2D eigenvalue weighted by Crippen LogP contribution is -2.38. The highest BCUT2D eigenvalue weighted by atomic mass is 79.9. The highest BCUT2D eigenvalue weighted by molar-refractivity contribution is 9.10. The molecule has 6 nitrogen and oxygen atoms in total. The lowest BCUT2D eigenvalue weighted by Gasteiger charge is -2.30. The van der Waals surface area contributed by atoms with E-state index in [0.29, 0.717) is 27.4 Å². The summed E-state index contributed by atoms with van der Waals surface area (Å²) in [6.07, 6.45) is 3.66. The van der Waals surface area contributed by atoms with Crippen LogP contribution in [0.3, 0.4) is 0 Å². The van der Waals surface area contributed by atoms with E-state index in [0.717, 1.165) is 45.5 Å². The van der Waals surface area contributed by atoms with Gasteiger partial charge in [-0.05, 0) is 88.3 Å². The van der Waals surface area contributed by atoms with Crippen LogP contribution in [0.15, 0.2) is 80.5 Å². The van der Waals surface area contributed by atoms with Gasteiger partial charge in [-0.25, -0.2) is 4.99 Å². The molecule has 0 N–H and O–H groups in total. The topological polar surface area (TPSA) is 62.0 Å². The number of ether oxygens (including phenoxy) is 3. The minimum Gasteiger partial charge on any atom is -0.497 e. The third-order valence-electron chi connectivity index (χ3n) is 7.14. The minimum absolute atomic E-state index is 0.0612. The van der Waals surface area contributed by atoms with Gasteiger partial charge in [-0.3, -0.25) is 9.36 Å². The van der Waals surface area contributed by atoms with Gasteiger partial charge in [0.05, 0.1) is 41.6 Å². The van der Waals surface area contributed by atoms with E-state index in [4.69, 9.17) is 19.2 Å². The first-order valence-electron chi connectivity index (χ1n) is 12.8. The number of allylic oxidation sites excluding steroid dienone is 1. The summed E-state index contributed by atoms with van der Waals surface area (Å²) in [6, 6.07) is 20.0. The van der Waals surface area contributed by atoms with E-state index in [1.807, 2.05) is 54.0 Å². The fraction of sp³-hybridized carbons (Fsp3) is 0.226. The second-order valence-corrected chi connectivity index (χ2v) is 11.2. The van der Waals surface area contributed by atoms with Gasteiger partial charge in [0.1, 0.15) is 5.75 Å². The molecule has 1 aliphatic carbocycles. The molecule has 0 spiro atoms. The zero-order valence-corrected chi connectivity index (χ0v) is 24.3. The maximum Gasteiger partial charge on any atom is 0.271 e. The van der Waals surface area contributed by atoms with Gasteiger partial charge in [-0.1, -0.05) is 47.7 Å². The predicted molar refractivity (Wildman–Crippen MR) is 158 cm³/mol. The van der Waals surface area contributed by atoms with Crippen molar-refractivity contribution in [3.05, 3.63) is 113 Å². The molecule has 1 aromatic heterocycles. The predicted octanol–water partition coefficient (Wildman–Crippen LogP) is 5.50. The van der Waals surface area contributed by atoms with Crippen LogP contribution in [0.5, 0.6) is 17.2 Å². The van der Waals surface area contributed by atoms with E-state index in [2.05, 4.69) is 40.2 Å². The standard InChI is InChI=1S/C31H27BrN2O4S/c1-4-38-29-24(32)15-18(16-25(29)37-3)17-26-30(35)34-28(20-9-12-21(36-2)13-10-20)23-14-11-19-7-5-6-8-22(19)27(23)33-31(34)39-26/h5-10,12-13,15-17,28H,4,11,14H2,1-3H3/b26-17-/t28-/m0/s1. The van der Waals surface area contributed by atoms with Crippen LogP contribution in [0.2, 0.25) is 0 Å². The van der Waals surface area contributed by atoms with E-state index >= 15 is 0 Å². The number of nitrogens with zero attached hydrogens (tertiary/aromatic N) is 2. The quantitative estimate of drug-likeness (QED) is 0.292. The number of rotatable bonds is 6. The first-order valence-corrected chi connectivity index (χ1v) is 14.4. The Kier molecular flexibility index (Phi) is 6.91. The fourth-order valence-corrected chi connectivity index (χ4v) is 6.94. The van der Waals surface area contributed by atoms with Gasteiger partial charge < -0.3 is 14.2 Å². The van der Waals surface area contributed by atoms with Gasteiger partial charge in [0.25, 0.3) is 5.56 Å². The van der Waals surface area contributed by atoms with Gasteiger partial charge in [0.2, 0.25) is 0 Å². The van der Waals surface area contributed by atoms with E-state index in [-0.39, 0.29) is 11.6 Å². The molecule has 1 aliphatic heterocycles. The monoisotopic (exact) mass is 602 g/mol. The first kappa shape index (κ1) is 25.6. The van der Waals surface area contributed by atoms with Crippen LogP contribution in [-0.2, 0) is 6.42 Å². The number of aromatic nitrogens is 1. The summed E-state index contributed by atoms with van der Waals surface area (Å²) in [5.74, 6) is 2.03. The molecule has 0 amide bonds. The summed E-state index contributed by atoms with van der Waals surface area (Å²) in [5.41, 5.74) is 6.40. The zero-order valence-electron chi connectivity index (χ0n) is 21.9. The van der Waals surface area contributed by atoms with E-state index in [9.17, 15) is 4.79 Å². The van der Waals surface area contributed by atoms with Gasteiger partial charge in [-0.15, -0.1) is 0 Å². The Bertz CT molecular complexity index is 1790. The summed E-state index contributed by atoms with van der Waals surface area (Å²) in [4.78, 5) is 19.8. The number of thiazole rings is 1. The molecule has 0 unspecified atom stereocenters. The molecule has 0 saturated carbocycles. The van der Waals surface area contributed by atoms with Crippen molar-refractivity contribution in [2.45, 2.75) is 25.8 Å². The van der Waals surface area contributed by atoms with Crippen LogP contribution >= 0.6 is 27.3 Å². The van der Waals surface area contributed by atoms with Crippen LogP contribution in [0.4, 0.5) is 0 Å². The summed E-state index contributed by atoms with van der Waals surface area (Å²) < 4.78 is 19.9. The Morgan fingerprint density at radius 1 is 1.08 bits per heavy atom. The average molecular weight is 604 g/mol. The van der Waals surface area contributed by atoms with Crippen LogP contribution in [0.25, 0.3) is 11.8 Å². The second-order valence-electron chi connectivity index (χ2n) is 9.35. The van der Waals surface area contributed by atoms with Crippen molar-refractivity contribution in [2.75, 3.05) is 20.8 Å². The van der Waals surface area contributed by atoms with Crippen molar-refractivity contribution in [1.29, 1.82) is 0 Å². The van der Waals surface area contributed by atoms with Gasteiger partial charge in [-0.2, -0.15) is 0 Å². The number of methoxy groups -OCH3 is 2. The molecule has 0 fully saturated rings. The third-order valence-corrected chi connectivity index (χ3v) is 8.71. The van der Waals surface area contributed by atoms with Crippen LogP contribution in [0, 0.1) is 0 Å². The third kappa shape index (κ3) is 4.51. The maximum absolute atomic E-state index is 14.0. The minimum atomic E-state index is -0.237. The van der Waals surface area contributed by atoms with Crippen LogP contribution in [0.1, 0.15) is 41.6 Å². The molecule has 0 bridgehead atoms. The van der Waals surface area contributed by atoms with E-state index in [1.165, 1.54) is 22.5 Å². The molecule has 2 aliphatic rings. The summed E-state index contributed by atoms with van der Waals surface area (Å²) >= 11 is 5.01. The summed E-state index contributed by atoms with van der Waals surface area (Å²) in [6.45, 7) is 2.45. The highest BCUT2D eigenvalue weighted by Crippen LogP contribution is 2.41. The van der Waals surface area contributed by atoms with E-state index < -0.39 is 0 Å². The van der Waals surface area contributed by atoms with Gasteiger partial charge >= 0.3 is 0 Å². The molecular formula is C31H27BrN2O4S.